The van der Waals surface area contributed by atoms with E-state index in [2.05, 4.69) is 27.7 Å². The Bertz CT molecular complexity index is 423. The lowest BCUT2D eigenvalue weighted by molar-refractivity contribution is -0.139. The summed E-state index contributed by atoms with van der Waals surface area (Å²) in [6.07, 6.45) is 24.8. The van der Waals surface area contributed by atoms with E-state index in [1.165, 1.54) is 103 Å². The molecule has 0 amide bonds. The van der Waals surface area contributed by atoms with Gasteiger partial charge in [-0.05, 0) is 37.5 Å². The SMILES string of the molecule is CC(C)CCCCCCCCCCO.CC(C)CCCCCCCCCCO.O=C(O)CCCCC(=O)O. The zero-order valence-electron chi connectivity index (χ0n) is 25.7. The highest BCUT2D eigenvalue weighted by Crippen LogP contribution is 2.13. The van der Waals surface area contributed by atoms with Gasteiger partial charge in [-0.3, -0.25) is 9.59 Å². The number of carboxylic acids is 2. The van der Waals surface area contributed by atoms with Crippen molar-refractivity contribution in [2.45, 2.75) is 169 Å². The van der Waals surface area contributed by atoms with Crippen molar-refractivity contribution in [3.8, 4) is 0 Å². The average molecular weight is 547 g/mol. The van der Waals surface area contributed by atoms with Crippen LogP contribution < -0.4 is 0 Å². The number of aliphatic carboxylic acids is 2. The van der Waals surface area contributed by atoms with Gasteiger partial charge in [0.2, 0.25) is 0 Å². The maximum atomic E-state index is 9.90. The fourth-order valence-corrected chi connectivity index (χ4v) is 4.00. The largest absolute Gasteiger partial charge is 0.481 e. The van der Waals surface area contributed by atoms with Crippen molar-refractivity contribution < 1.29 is 30.0 Å². The van der Waals surface area contributed by atoms with Gasteiger partial charge in [0.15, 0.2) is 0 Å². The lowest BCUT2D eigenvalue weighted by Gasteiger charge is -2.04. The molecule has 0 aliphatic rings. The first kappa shape index (κ1) is 41.3. The van der Waals surface area contributed by atoms with E-state index in [1.54, 1.807) is 0 Å². The molecule has 0 aliphatic heterocycles. The molecule has 0 radical (unpaired) electrons. The molecule has 230 valence electrons. The molecule has 0 aromatic rings. The molecular weight excluding hydrogens is 480 g/mol. The summed E-state index contributed by atoms with van der Waals surface area (Å²) in [5, 5.41) is 33.4. The highest BCUT2D eigenvalue weighted by molar-refractivity contribution is 5.67. The molecule has 0 heterocycles. The third-order valence-electron chi connectivity index (χ3n) is 6.41. The molecule has 0 fully saturated rings. The topological polar surface area (TPSA) is 115 Å². The van der Waals surface area contributed by atoms with Crippen LogP contribution in [-0.2, 0) is 9.59 Å². The number of hydrogen-bond acceptors (Lipinski definition) is 4. The van der Waals surface area contributed by atoms with Crippen LogP contribution in [0.25, 0.3) is 0 Å². The molecule has 0 aromatic carbocycles. The number of rotatable bonds is 25. The van der Waals surface area contributed by atoms with Gasteiger partial charge in [-0.1, -0.05) is 130 Å². The zero-order valence-corrected chi connectivity index (χ0v) is 25.7. The van der Waals surface area contributed by atoms with E-state index in [1.807, 2.05) is 0 Å². The molecule has 0 unspecified atom stereocenters. The smallest absolute Gasteiger partial charge is 0.303 e. The highest BCUT2D eigenvalue weighted by Gasteiger charge is 1.99. The normalized spacial score (nSPS) is 10.6. The molecule has 0 spiro atoms. The predicted octanol–water partition coefficient (Wildman–Crippen LogP) is 9.01. The molecule has 0 saturated carbocycles. The van der Waals surface area contributed by atoms with E-state index in [4.69, 9.17) is 20.4 Å². The summed E-state index contributed by atoms with van der Waals surface area (Å²) in [5.41, 5.74) is 0. The van der Waals surface area contributed by atoms with Gasteiger partial charge in [-0.25, -0.2) is 0 Å². The molecule has 0 saturated heterocycles. The molecule has 0 rings (SSSR count). The summed E-state index contributed by atoms with van der Waals surface area (Å²) >= 11 is 0. The van der Waals surface area contributed by atoms with E-state index in [0.29, 0.717) is 26.1 Å². The average Bonchev–Trinajstić information content (AvgIpc) is 2.85. The van der Waals surface area contributed by atoms with Crippen molar-refractivity contribution in [3.63, 3.8) is 0 Å². The van der Waals surface area contributed by atoms with Gasteiger partial charge in [0.1, 0.15) is 0 Å². The Labute approximate surface area is 236 Å². The maximum absolute atomic E-state index is 9.90. The summed E-state index contributed by atoms with van der Waals surface area (Å²) in [5.74, 6) is 0.00915. The molecule has 38 heavy (non-hydrogen) atoms. The number of carbonyl (C=O) groups is 2. The van der Waals surface area contributed by atoms with Crippen molar-refractivity contribution in [2.24, 2.45) is 11.8 Å². The minimum Gasteiger partial charge on any atom is -0.481 e. The van der Waals surface area contributed by atoms with Crippen molar-refractivity contribution in [2.75, 3.05) is 13.2 Å². The monoisotopic (exact) mass is 546 g/mol. The van der Waals surface area contributed by atoms with Crippen LogP contribution >= 0.6 is 0 Å². The van der Waals surface area contributed by atoms with Crippen molar-refractivity contribution in [3.05, 3.63) is 0 Å². The first-order chi connectivity index (χ1) is 18.2. The van der Waals surface area contributed by atoms with Gasteiger partial charge in [-0.15, -0.1) is 0 Å². The molecule has 6 nitrogen and oxygen atoms in total. The number of unbranched alkanes of at least 4 members (excludes halogenated alkanes) is 15. The molecular formula is C32H66O6. The predicted molar refractivity (Wildman–Crippen MR) is 161 cm³/mol. The first-order valence-electron chi connectivity index (χ1n) is 15.8. The summed E-state index contributed by atoms with van der Waals surface area (Å²) in [7, 11) is 0. The minimum absolute atomic E-state index is 0.0628. The Morgan fingerprint density at radius 1 is 0.421 bits per heavy atom. The third kappa shape index (κ3) is 51.5. The number of aliphatic hydroxyl groups is 2. The maximum Gasteiger partial charge on any atom is 0.303 e. The number of aliphatic hydroxyl groups excluding tert-OH is 2. The third-order valence-corrected chi connectivity index (χ3v) is 6.41. The van der Waals surface area contributed by atoms with E-state index < -0.39 is 11.9 Å². The Morgan fingerprint density at radius 2 is 0.658 bits per heavy atom. The van der Waals surface area contributed by atoms with Crippen LogP contribution in [0.1, 0.15) is 169 Å². The molecule has 0 aromatic heterocycles. The van der Waals surface area contributed by atoms with E-state index in [9.17, 15) is 9.59 Å². The van der Waals surface area contributed by atoms with Crippen LogP contribution in [0.2, 0.25) is 0 Å². The Hall–Kier alpha value is -1.14. The van der Waals surface area contributed by atoms with E-state index >= 15 is 0 Å². The van der Waals surface area contributed by atoms with Gasteiger partial charge < -0.3 is 20.4 Å². The zero-order chi connectivity index (χ0) is 29.3. The van der Waals surface area contributed by atoms with Gasteiger partial charge in [0, 0.05) is 26.1 Å². The van der Waals surface area contributed by atoms with Gasteiger partial charge in [0.25, 0.3) is 0 Å². The van der Waals surface area contributed by atoms with Crippen LogP contribution in [0, 0.1) is 11.8 Å². The molecule has 0 bridgehead atoms. The van der Waals surface area contributed by atoms with Gasteiger partial charge >= 0.3 is 11.9 Å². The van der Waals surface area contributed by atoms with Gasteiger partial charge in [0.05, 0.1) is 0 Å². The Balaban J connectivity index is -0.000000492. The fourth-order valence-electron chi connectivity index (χ4n) is 4.00. The van der Waals surface area contributed by atoms with Crippen molar-refractivity contribution in [1.82, 2.24) is 0 Å². The molecule has 0 aliphatic carbocycles. The van der Waals surface area contributed by atoms with Crippen LogP contribution in [0.5, 0.6) is 0 Å². The highest BCUT2D eigenvalue weighted by atomic mass is 16.4. The first-order valence-corrected chi connectivity index (χ1v) is 15.8. The summed E-state index contributed by atoms with van der Waals surface area (Å²) in [4.78, 5) is 19.8. The Kier molecular flexibility index (Phi) is 39.0. The van der Waals surface area contributed by atoms with Crippen LogP contribution in [0.15, 0.2) is 0 Å². The summed E-state index contributed by atoms with van der Waals surface area (Å²) in [6.45, 7) is 9.94. The van der Waals surface area contributed by atoms with Crippen molar-refractivity contribution >= 4 is 11.9 Å². The summed E-state index contributed by atoms with van der Waals surface area (Å²) < 4.78 is 0. The Morgan fingerprint density at radius 3 is 0.868 bits per heavy atom. The molecule has 6 heteroatoms. The van der Waals surface area contributed by atoms with Crippen LogP contribution in [0.3, 0.4) is 0 Å². The van der Waals surface area contributed by atoms with E-state index in [0.717, 1.165) is 24.7 Å². The van der Waals surface area contributed by atoms with Crippen LogP contribution in [0.4, 0.5) is 0 Å². The second-order valence-corrected chi connectivity index (χ2v) is 11.5. The second-order valence-electron chi connectivity index (χ2n) is 11.5. The summed E-state index contributed by atoms with van der Waals surface area (Å²) in [6, 6.07) is 0. The molecule has 0 atom stereocenters. The fraction of sp³-hybridized carbons (Fsp3) is 0.938. The van der Waals surface area contributed by atoms with Crippen molar-refractivity contribution in [1.29, 1.82) is 0 Å². The number of carboxylic acid groups (broad SMARTS) is 2. The van der Waals surface area contributed by atoms with E-state index in [-0.39, 0.29) is 12.8 Å². The van der Waals surface area contributed by atoms with Crippen LogP contribution in [-0.4, -0.2) is 45.6 Å². The quantitative estimate of drug-likeness (QED) is 0.0849. The second kappa shape index (κ2) is 35.9. The van der Waals surface area contributed by atoms with Gasteiger partial charge in [-0.2, -0.15) is 0 Å². The standard InChI is InChI=1S/2C13H28O.C6H10O4/c2*1-13(2)11-9-7-5-3-4-6-8-10-12-14;7-5(8)3-1-2-4-6(9)10/h2*13-14H,3-12H2,1-2H3;1-4H2,(H,7,8)(H,9,10). The number of hydrogen-bond donors (Lipinski definition) is 4. The lowest BCUT2D eigenvalue weighted by atomic mass is 10.0. The minimum atomic E-state index is -0.870. The lowest BCUT2D eigenvalue weighted by Crippen LogP contribution is -1.97. The molecule has 4 N–H and O–H groups in total.